The number of nitrogens with one attached hydrogen (secondary N) is 2. The van der Waals surface area contributed by atoms with Gasteiger partial charge in [0.25, 0.3) is 0 Å². The third kappa shape index (κ3) is 3.09. The van der Waals surface area contributed by atoms with Crippen molar-refractivity contribution in [3.05, 3.63) is 11.4 Å². The Hall–Kier alpha value is -0.920. The predicted octanol–water partition coefficient (Wildman–Crippen LogP) is 0.645. The molecular formula is C11H22N4O2S. The molecule has 0 aliphatic rings. The van der Waals surface area contributed by atoms with E-state index in [1.54, 1.807) is 13.8 Å². The number of aromatic amines is 1. The average molecular weight is 274 g/mol. The van der Waals surface area contributed by atoms with Crippen LogP contribution in [0.4, 0.5) is 0 Å². The van der Waals surface area contributed by atoms with Crippen molar-refractivity contribution >= 4 is 10.0 Å². The fraction of sp³-hybridized carbons (Fsp3) is 0.727. The van der Waals surface area contributed by atoms with E-state index in [1.807, 2.05) is 32.8 Å². The van der Waals surface area contributed by atoms with Gasteiger partial charge in [-0.15, -0.1) is 0 Å². The smallest absolute Gasteiger partial charge is 0.244 e. The molecule has 0 atom stereocenters. The van der Waals surface area contributed by atoms with Gasteiger partial charge in [0.05, 0.1) is 11.4 Å². The molecular weight excluding hydrogens is 252 g/mol. The largest absolute Gasteiger partial charge is 0.303 e. The van der Waals surface area contributed by atoms with Crippen molar-refractivity contribution in [2.45, 2.75) is 38.1 Å². The molecule has 0 bridgehead atoms. The lowest BCUT2D eigenvalue weighted by Gasteiger charge is -2.32. The Kier molecular flexibility index (Phi) is 4.19. The van der Waals surface area contributed by atoms with E-state index in [4.69, 9.17) is 0 Å². The van der Waals surface area contributed by atoms with E-state index in [0.717, 1.165) is 0 Å². The molecule has 0 aliphatic heterocycles. The van der Waals surface area contributed by atoms with E-state index in [2.05, 4.69) is 14.9 Å². The van der Waals surface area contributed by atoms with Crippen LogP contribution in [0.15, 0.2) is 4.90 Å². The van der Waals surface area contributed by atoms with Crippen molar-refractivity contribution in [1.29, 1.82) is 0 Å². The van der Waals surface area contributed by atoms with Crippen molar-refractivity contribution in [1.82, 2.24) is 19.8 Å². The molecule has 7 heteroatoms. The normalized spacial score (nSPS) is 13.3. The van der Waals surface area contributed by atoms with Gasteiger partial charge in [-0.05, 0) is 41.8 Å². The van der Waals surface area contributed by atoms with E-state index in [-0.39, 0.29) is 10.4 Å². The Morgan fingerprint density at radius 3 is 2.28 bits per heavy atom. The summed E-state index contributed by atoms with van der Waals surface area (Å²) in [5.41, 5.74) is 0.795. The zero-order valence-corrected chi connectivity index (χ0v) is 12.6. The van der Waals surface area contributed by atoms with Crippen LogP contribution >= 0.6 is 0 Å². The molecule has 0 aliphatic carbocycles. The summed E-state index contributed by atoms with van der Waals surface area (Å²) in [7, 11) is 0.323. The lowest BCUT2D eigenvalue weighted by Crippen LogP contribution is -2.48. The number of aryl methyl sites for hydroxylation is 2. The minimum absolute atomic E-state index is 0.247. The van der Waals surface area contributed by atoms with Gasteiger partial charge in [-0.2, -0.15) is 5.10 Å². The number of likely N-dealkylation sites (N-methyl/N-ethyl adjacent to an activating group) is 1. The molecule has 1 rings (SSSR count). The molecule has 1 aromatic rings. The molecule has 0 unspecified atom stereocenters. The lowest BCUT2D eigenvalue weighted by atomic mass is 10.1. The first kappa shape index (κ1) is 15.1. The SMILES string of the molecule is Cc1n[nH]c(C)c1S(=O)(=O)NCC(C)(C)N(C)C. The molecule has 2 N–H and O–H groups in total. The lowest BCUT2D eigenvalue weighted by molar-refractivity contribution is 0.199. The molecule has 0 radical (unpaired) electrons. The van der Waals surface area contributed by atoms with Gasteiger partial charge in [0, 0.05) is 12.1 Å². The minimum Gasteiger partial charge on any atom is -0.303 e. The standard InChI is InChI=1S/C11H22N4O2S/c1-8-10(9(2)14-13-8)18(16,17)12-7-11(3,4)15(5)6/h12H,7H2,1-6H3,(H,13,14). The summed E-state index contributed by atoms with van der Waals surface area (Å²) in [5, 5.41) is 6.59. The second-order valence-electron chi connectivity index (χ2n) is 5.29. The minimum atomic E-state index is -3.52. The van der Waals surface area contributed by atoms with E-state index in [0.29, 0.717) is 17.9 Å². The molecule has 0 saturated heterocycles. The number of sulfonamides is 1. The van der Waals surface area contributed by atoms with Crippen LogP contribution in [0, 0.1) is 13.8 Å². The molecule has 0 fully saturated rings. The quantitative estimate of drug-likeness (QED) is 0.826. The summed E-state index contributed by atoms with van der Waals surface area (Å²) in [4.78, 5) is 2.22. The van der Waals surface area contributed by atoms with Crippen LogP contribution in [0.25, 0.3) is 0 Å². The summed E-state index contributed by atoms with van der Waals surface area (Å²) in [6.45, 7) is 7.67. The molecule has 0 saturated carbocycles. The van der Waals surface area contributed by atoms with Crippen molar-refractivity contribution in [2.75, 3.05) is 20.6 Å². The van der Waals surface area contributed by atoms with Gasteiger partial charge in [-0.25, -0.2) is 13.1 Å². The molecule has 104 valence electrons. The van der Waals surface area contributed by atoms with Crippen molar-refractivity contribution < 1.29 is 8.42 Å². The maximum atomic E-state index is 12.2. The predicted molar refractivity (Wildman–Crippen MR) is 71.0 cm³/mol. The second-order valence-corrected chi connectivity index (χ2v) is 7.00. The highest BCUT2D eigenvalue weighted by Gasteiger charge is 2.27. The number of rotatable bonds is 5. The molecule has 0 aromatic carbocycles. The maximum Gasteiger partial charge on any atom is 0.244 e. The first-order chi connectivity index (χ1) is 8.08. The van der Waals surface area contributed by atoms with Crippen LogP contribution in [0.1, 0.15) is 25.2 Å². The van der Waals surface area contributed by atoms with E-state index >= 15 is 0 Å². The van der Waals surface area contributed by atoms with E-state index < -0.39 is 10.0 Å². The van der Waals surface area contributed by atoms with E-state index in [9.17, 15) is 8.42 Å². The van der Waals surface area contributed by atoms with Crippen LogP contribution in [0.5, 0.6) is 0 Å². The van der Waals surface area contributed by atoms with E-state index in [1.165, 1.54) is 0 Å². The van der Waals surface area contributed by atoms with Gasteiger partial charge in [-0.3, -0.25) is 5.10 Å². The van der Waals surface area contributed by atoms with Gasteiger partial charge in [0.2, 0.25) is 10.0 Å². The summed E-state index contributed by atoms with van der Waals surface area (Å²) in [5.74, 6) is 0. The monoisotopic (exact) mass is 274 g/mol. The average Bonchev–Trinajstić information content (AvgIpc) is 2.56. The van der Waals surface area contributed by atoms with Crippen molar-refractivity contribution in [3.63, 3.8) is 0 Å². The number of hydrogen-bond donors (Lipinski definition) is 2. The van der Waals surface area contributed by atoms with Crippen molar-refractivity contribution in [3.8, 4) is 0 Å². The number of nitrogens with zero attached hydrogens (tertiary/aromatic N) is 2. The highest BCUT2D eigenvalue weighted by Crippen LogP contribution is 2.17. The van der Waals surface area contributed by atoms with Crippen LogP contribution in [0.2, 0.25) is 0 Å². The number of hydrogen-bond acceptors (Lipinski definition) is 4. The van der Waals surface area contributed by atoms with Gasteiger partial charge < -0.3 is 4.90 Å². The molecule has 18 heavy (non-hydrogen) atoms. The Balaban J connectivity index is 2.91. The fourth-order valence-electron chi connectivity index (χ4n) is 1.44. The summed E-state index contributed by atoms with van der Waals surface area (Å²) in [6.07, 6.45) is 0. The van der Waals surface area contributed by atoms with Crippen LogP contribution in [0.3, 0.4) is 0 Å². The van der Waals surface area contributed by atoms with Crippen LogP contribution in [-0.2, 0) is 10.0 Å². The fourth-order valence-corrected chi connectivity index (χ4v) is 3.01. The van der Waals surface area contributed by atoms with Gasteiger partial charge in [0.1, 0.15) is 4.90 Å². The first-order valence-electron chi connectivity index (χ1n) is 5.76. The number of aromatic nitrogens is 2. The highest BCUT2D eigenvalue weighted by molar-refractivity contribution is 7.89. The zero-order chi connectivity index (χ0) is 14.1. The Morgan fingerprint density at radius 1 is 1.33 bits per heavy atom. The Morgan fingerprint density at radius 2 is 1.89 bits per heavy atom. The summed E-state index contributed by atoms with van der Waals surface area (Å²) < 4.78 is 27.1. The summed E-state index contributed by atoms with van der Waals surface area (Å²) >= 11 is 0. The molecule has 1 heterocycles. The molecule has 0 amide bonds. The molecule has 0 spiro atoms. The third-order valence-electron chi connectivity index (χ3n) is 3.23. The molecule has 6 nitrogen and oxygen atoms in total. The maximum absolute atomic E-state index is 12.2. The highest BCUT2D eigenvalue weighted by atomic mass is 32.2. The Bertz CT molecular complexity index is 498. The zero-order valence-electron chi connectivity index (χ0n) is 11.8. The van der Waals surface area contributed by atoms with Gasteiger partial charge in [-0.1, -0.05) is 0 Å². The van der Waals surface area contributed by atoms with Gasteiger partial charge >= 0.3 is 0 Å². The summed E-state index contributed by atoms with van der Waals surface area (Å²) in [6, 6.07) is 0. The van der Waals surface area contributed by atoms with Gasteiger partial charge in [0.15, 0.2) is 0 Å². The second kappa shape index (κ2) is 4.99. The third-order valence-corrected chi connectivity index (χ3v) is 4.90. The van der Waals surface area contributed by atoms with Crippen LogP contribution in [-0.4, -0.2) is 49.7 Å². The topological polar surface area (TPSA) is 78.1 Å². The number of H-pyrrole nitrogens is 1. The Labute approximate surface area is 109 Å². The van der Waals surface area contributed by atoms with Crippen molar-refractivity contribution in [2.24, 2.45) is 0 Å². The first-order valence-corrected chi connectivity index (χ1v) is 7.25. The van der Waals surface area contributed by atoms with Crippen LogP contribution < -0.4 is 4.72 Å². The molecule has 1 aromatic heterocycles.